The molecule has 1 aliphatic carbocycles. The molecule has 0 saturated heterocycles. The Hall–Kier alpha value is -4.20. The maximum absolute atomic E-state index is 13.8. The number of fused-ring (bicyclic) bond motifs is 1. The molecule has 3 aromatic heterocycles. The van der Waals surface area contributed by atoms with E-state index in [1.807, 2.05) is 35.2 Å². The first-order valence-corrected chi connectivity index (χ1v) is 10.8. The highest BCUT2D eigenvalue weighted by atomic mass is 19.1. The molecule has 4 aromatic rings. The van der Waals surface area contributed by atoms with Gasteiger partial charge in [-0.2, -0.15) is 5.10 Å². The maximum atomic E-state index is 13.8. The Morgan fingerprint density at radius 3 is 2.91 bits per heavy atom. The van der Waals surface area contributed by atoms with E-state index in [-0.39, 0.29) is 11.7 Å². The Labute approximate surface area is 190 Å². The third-order valence-corrected chi connectivity index (χ3v) is 5.65. The predicted molar refractivity (Wildman–Crippen MR) is 127 cm³/mol. The Bertz CT molecular complexity index is 1380. The van der Waals surface area contributed by atoms with Crippen molar-refractivity contribution in [2.24, 2.45) is 0 Å². The van der Waals surface area contributed by atoms with Gasteiger partial charge in [0.1, 0.15) is 11.5 Å². The molecule has 166 valence electrons. The van der Waals surface area contributed by atoms with Gasteiger partial charge in [-0.15, -0.1) is 0 Å². The average molecular weight is 442 g/mol. The zero-order valence-corrected chi connectivity index (χ0v) is 18.0. The lowest BCUT2D eigenvalue weighted by molar-refractivity contribution is 0.250. The highest BCUT2D eigenvalue weighted by Gasteiger charge is 2.19. The Morgan fingerprint density at radius 1 is 1.24 bits per heavy atom. The second-order valence-corrected chi connectivity index (χ2v) is 7.78. The van der Waals surface area contributed by atoms with Crippen LogP contribution in [0.5, 0.6) is 0 Å². The summed E-state index contributed by atoms with van der Waals surface area (Å²) >= 11 is 0. The molecule has 1 unspecified atom stereocenters. The topological polar surface area (TPSA) is 87.6 Å². The lowest BCUT2D eigenvalue weighted by Gasteiger charge is -2.18. The Balaban J connectivity index is 1.35. The first kappa shape index (κ1) is 20.7. The summed E-state index contributed by atoms with van der Waals surface area (Å²) in [6.07, 6.45) is 12.3. The van der Waals surface area contributed by atoms with Gasteiger partial charge in [-0.25, -0.2) is 14.2 Å². The number of carbonyl (C=O) groups is 1. The molecule has 2 amide bonds. The number of allylic oxidation sites excluding steroid dienone is 2. The summed E-state index contributed by atoms with van der Waals surface area (Å²) < 4.78 is 15.7. The zero-order chi connectivity index (χ0) is 22.8. The molecule has 1 aromatic carbocycles. The second-order valence-electron chi connectivity index (χ2n) is 7.78. The van der Waals surface area contributed by atoms with Crippen LogP contribution in [0.4, 0.5) is 14.9 Å². The number of carbonyl (C=O) groups excluding carboxylic acids is 1. The number of urea groups is 1. The minimum Gasteiger partial charge on any atom is -0.346 e. The lowest BCUT2D eigenvalue weighted by atomic mass is 9.95. The van der Waals surface area contributed by atoms with Crippen LogP contribution in [0.1, 0.15) is 19.0 Å². The molecule has 0 aliphatic heterocycles. The van der Waals surface area contributed by atoms with Crippen molar-refractivity contribution in [2.45, 2.75) is 25.9 Å². The molecular formula is C25H23FN6O. The summed E-state index contributed by atoms with van der Waals surface area (Å²) in [5, 5.41) is 11.3. The highest BCUT2D eigenvalue weighted by Crippen LogP contribution is 2.34. The fraction of sp³-hybridized carbons (Fsp3) is 0.160. The number of anilines is 1. The van der Waals surface area contributed by atoms with Crippen LogP contribution in [0.25, 0.3) is 27.7 Å². The number of nitrogens with one attached hydrogen (secondary N) is 3. The van der Waals surface area contributed by atoms with Crippen molar-refractivity contribution >= 4 is 28.3 Å². The van der Waals surface area contributed by atoms with E-state index in [0.29, 0.717) is 6.42 Å². The maximum Gasteiger partial charge on any atom is 0.319 e. The fourth-order valence-electron chi connectivity index (χ4n) is 3.98. The number of pyridine rings is 1. The van der Waals surface area contributed by atoms with Crippen molar-refractivity contribution in [3.63, 3.8) is 0 Å². The summed E-state index contributed by atoms with van der Waals surface area (Å²) in [7, 11) is 0. The molecule has 3 heterocycles. The quantitative estimate of drug-likeness (QED) is 0.401. The van der Waals surface area contributed by atoms with Gasteiger partial charge < -0.3 is 15.6 Å². The molecule has 0 bridgehead atoms. The number of para-hydroxylation sites is 1. The fourth-order valence-corrected chi connectivity index (χ4v) is 3.98. The van der Waals surface area contributed by atoms with E-state index in [4.69, 9.17) is 5.10 Å². The summed E-state index contributed by atoms with van der Waals surface area (Å²) in [6.45, 7) is 2.81. The zero-order valence-electron chi connectivity index (χ0n) is 18.0. The molecule has 0 radical (unpaired) electrons. The van der Waals surface area contributed by atoms with Crippen LogP contribution < -0.4 is 10.6 Å². The molecular weight excluding hydrogens is 419 g/mol. The number of aromatic nitrogens is 4. The number of rotatable bonds is 5. The SMILES string of the molecule is CCn1cc(-c2ccnc3[nH]ccc23)c(C2=CCC(NC(=O)Nc3ccccc3F)C=C2)n1. The molecule has 0 fully saturated rings. The number of aryl methyl sites for hydroxylation is 1. The van der Waals surface area contributed by atoms with E-state index in [1.165, 1.54) is 12.1 Å². The minimum absolute atomic E-state index is 0.147. The Morgan fingerprint density at radius 2 is 2.12 bits per heavy atom. The van der Waals surface area contributed by atoms with Crippen LogP contribution in [-0.2, 0) is 6.54 Å². The second kappa shape index (κ2) is 8.74. The molecule has 5 rings (SSSR count). The van der Waals surface area contributed by atoms with E-state index < -0.39 is 11.8 Å². The number of hydrogen-bond acceptors (Lipinski definition) is 3. The third-order valence-electron chi connectivity index (χ3n) is 5.65. The summed E-state index contributed by atoms with van der Waals surface area (Å²) in [5.74, 6) is -0.472. The van der Waals surface area contributed by atoms with Crippen molar-refractivity contribution in [2.75, 3.05) is 5.32 Å². The molecule has 1 atom stereocenters. The van der Waals surface area contributed by atoms with Crippen molar-refractivity contribution in [3.05, 3.63) is 84.7 Å². The van der Waals surface area contributed by atoms with Crippen LogP contribution in [0.2, 0.25) is 0 Å². The van der Waals surface area contributed by atoms with Gasteiger partial charge in [-0.05, 0) is 48.7 Å². The van der Waals surface area contributed by atoms with E-state index in [9.17, 15) is 9.18 Å². The standard InChI is InChI=1S/C25H23FN6O/c1-2-32-15-20(18-11-13-27-24-19(18)12-14-28-24)23(31-32)16-7-9-17(10-8-16)29-25(33)30-22-6-4-3-5-21(22)26/h3-9,11-15,17H,2,10H2,1H3,(H,27,28)(H2,29,30,33). The first-order valence-electron chi connectivity index (χ1n) is 10.8. The number of amides is 2. The average Bonchev–Trinajstić information content (AvgIpc) is 3.48. The van der Waals surface area contributed by atoms with Gasteiger partial charge in [0.2, 0.25) is 0 Å². The lowest BCUT2D eigenvalue weighted by Crippen LogP contribution is -2.37. The number of nitrogens with zero attached hydrogens (tertiary/aromatic N) is 3. The summed E-state index contributed by atoms with van der Waals surface area (Å²) in [6, 6.07) is 9.45. The summed E-state index contributed by atoms with van der Waals surface area (Å²) in [4.78, 5) is 19.8. The van der Waals surface area contributed by atoms with Gasteiger partial charge in [-0.3, -0.25) is 4.68 Å². The molecule has 7 nitrogen and oxygen atoms in total. The van der Waals surface area contributed by atoms with E-state index in [1.54, 1.807) is 18.3 Å². The number of H-pyrrole nitrogens is 1. The largest absolute Gasteiger partial charge is 0.346 e. The third kappa shape index (κ3) is 4.15. The molecule has 0 saturated carbocycles. The number of benzene rings is 1. The van der Waals surface area contributed by atoms with Crippen molar-refractivity contribution in [1.82, 2.24) is 25.1 Å². The van der Waals surface area contributed by atoms with Crippen molar-refractivity contribution in [1.29, 1.82) is 0 Å². The van der Waals surface area contributed by atoms with Gasteiger partial charge in [-0.1, -0.05) is 30.4 Å². The van der Waals surface area contributed by atoms with E-state index in [2.05, 4.69) is 39.8 Å². The minimum atomic E-state index is -0.472. The normalized spacial score (nSPS) is 15.5. The van der Waals surface area contributed by atoms with Crippen LogP contribution in [0.3, 0.4) is 0 Å². The molecule has 33 heavy (non-hydrogen) atoms. The molecule has 3 N–H and O–H groups in total. The highest BCUT2D eigenvalue weighted by molar-refractivity contribution is 5.97. The van der Waals surface area contributed by atoms with E-state index in [0.717, 1.165) is 40.0 Å². The van der Waals surface area contributed by atoms with Gasteiger partial charge in [0.05, 0.1) is 17.4 Å². The molecule has 8 heteroatoms. The molecule has 1 aliphatic rings. The summed E-state index contributed by atoms with van der Waals surface area (Å²) in [5.41, 5.74) is 4.95. The van der Waals surface area contributed by atoms with Crippen molar-refractivity contribution in [3.8, 4) is 11.1 Å². The van der Waals surface area contributed by atoms with Crippen LogP contribution in [0, 0.1) is 5.82 Å². The van der Waals surface area contributed by atoms with Crippen molar-refractivity contribution < 1.29 is 9.18 Å². The van der Waals surface area contributed by atoms with Crippen LogP contribution >= 0.6 is 0 Å². The van der Waals surface area contributed by atoms with Gasteiger partial charge >= 0.3 is 6.03 Å². The van der Waals surface area contributed by atoms with Gasteiger partial charge in [0, 0.05) is 36.1 Å². The van der Waals surface area contributed by atoms with Gasteiger partial charge in [0.15, 0.2) is 0 Å². The number of aromatic amines is 1. The van der Waals surface area contributed by atoms with Crippen LogP contribution in [0.15, 0.2) is 73.2 Å². The predicted octanol–water partition coefficient (Wildman–Crippen LogP) is 5.12. The Kier molecular flexibility index (Phi) is 5.48. The monoisotopic (exact) mass is 442 g/mol. The number of hydrogen-bond donors (Lipinski definition) is 3. The first-order chi connectivity index (χ1) is 16.1. The smallest absolute Gasteiger partial charge is 0.319 e. The number of halogens is 1. The van der Waals surface area contributed by atoms with Gasteiger partial charge in [0.25, 0.3) is 0 Å². The van der Waals surface area contributed by atoms with E-state index >= 15 is 0 Å². The molecule has 0 spiro atoms. The van der Waals surface area contributed by atoms with Crippen LogP contribution in [-0.4, -0.2) is 31.8 Å².